The fourth-order valence-corrected chi connectivity index (χ4v) is 4.02. The van der Waals surface area contributed by atoms with Crippen LogP contribution in [0.25, 0.3) is 11.1 Å². The van der Waals surface area contributed by atoms with Gasteiger partial charge in [0.2, 0.25) is 0 Å². The van der Waals surface area contributed by atoms with Gasteiger partial charge in [-0.05, 0) is 56.9 Å². The predicted octanol–water partition coefficient (Wildman–Crippen LogP) is 6.96. The molecule has 0 aliphatic carbocycles. The van der Waals surface area contributed by atoms with E-state index in [-0.39, 0.29) is 6.61 Å². The quantitative estimate of drug-likeness (QED) is 0.247. The predicted molar refractivity (Wildman–Crippen MR) is 131 cm³/mol. The molecule has 5 heteroatoms. The van der Waals surface area contributed by atoms with Crippen LogP contribution in [0, 0.1) is 11.3 Å². The lowest BCUT2D eigenvalue weighted by Gasteiger charge is -2.14. The minimum Gasteiger partial charge on any atom is -0.489 e. The molecule has 0 bridgehead atoms. The Labute approximate surface area is 201 Å². The fourth-order valence-electron chi connectivity index (χ4n) is 3.41. The Balaban J connectivity index is 1.49. The van der Waals surface area contributed by atoms with E-state index in [0.717, 1.165) is 33.0 Å². The zero-order valence-corrected chi connectivity index (χ0v) is 19.3. The number of halogens is 1. The van der Waals surface area contributed by atoms with Crippen LogP contribution in [0.1, 0.15) is 27.0 Å². The normalized spacial score (nSPS) is 10.3. The second kappa shape index (κ2) is 10.6. The third kappa shape index (κ3) is 5.49. The second-order valence-corrected chi connectivity index (χ2v) is 8.14. The number of aldehydes is 1. The highest BCUT2D eigenvalue weighted by atomic mass is 79.9. The molecule has 0 fully saturated rings. The Morgan fingerprint density at radius 1 is 0.848 bits per heavy atom. The van der Waals surface area contributed by atoms with Crippen molar-refractivity contribution in [2.75, 3.05) is 0 Å². The number of hydrogen-bond donors (Lipinski definition) is 0. The largest absolute Gasteiger partial charge is 0.489 e. The summed E-state index contributed by atoms with van der Waals surface area (Å²) in [7, 11) is 0. The van der Waals surface area contributed by atoms with E-state index < -0.39 is 0 Å². The minimum absolute atomic E-state index is 0.241. The van der Waals surface area contributed by atoms with E-state index in [1.54, 1.807) is 36.4 Å². The van der Waals surface area contributed by atoms with Crippen LogP contribution < -0.4 is 9.47 Å². The third-order valence-corrected chi connectivity index (χ3v) is 6.06. The first-order valence-corrected chi connectivity index (χ1v) is 11.1. The highest BCUT2D eigenvalue weighted by Gasteiger charge is 2.10. The topological polar surface area (TPSA) is 59.3 Å². The molecule has 4 nitrogen and oxygen atoms in total. The maximum absolute atomic E-state index is 11.5. The van der Waals surface area contributed by atoms with Crippen molar-refractivity contribution >= 4 is 22.2 Å². The summed E-state index contributed by atoms with van der Waals surface area (Å²) in [5, 5.41) is 9.06. The van der Waals surface area contributed by atoms with Crippen molar-refractivity contribution in [3.8, 4) is 28.7 Å². The summed E-state index contributed by atoms with van der Waals surface area (Å²) >= 11 is 3.72. The second-order valence-electron chi connectivity index (χ2n) is 7.35. The van der Waals surface area contributed by atoms with Crippen molar-refractivity contribution in [2.24, 2.45) is 0 Å². The molecular formula is C28H20BrNO3. The summed E-state index contributed by atoms with van der Waals surface area (Å²) in [4.78, 5) is 11.5. The molecule has 0 amide bonds. The van der Waals surface area contributed by atoms with Crippen molar-refractivity contribution in [1.29, 1.82) is 5.26 Å². The number of carbonyl (C=O) groups excluding carboxylic acids is 1. The van der Waals surface area contributed by atoms with Gasteiger partial charge in [0, 0.05) is 16.1 Å². The number of nitriles is 1. The van der Waals surface area contributed by atoms with Crippen molar-refractivity contribution in [2.45, 2.75) is 13.2 Å². The SMILES string of the molecule is N#Cc1cccc(COc2cc(OCc3cccc(-c4ccccc4)c3Br)ccc2C=O)c1. The molecule has 0 spiro atoms. The lowest BCUT2D eigenvalue weighted by atomic mass is 10.0. The van der Waals surface area contributed by atoms with E-state index in [4.69, 9.17) is 14.7 Å². The van der Waals surface area contributed by atoms with E-state index in [9.17, 15) is 4.79 Å². The maximum Gasteiger partial charge on any atom is 0.153 e. The standard InChI is InChI=1S/C28H20BrNO3/c29-28-24(10-5-11-26(28)22-8-2-1-3-9-22)19-32-25-13-12-23(17-31)27(15-25)33-18-21-7-4-6-20(14-21)16-30/h1-15,17H,18-19H2. The molecule has 0 heterocycles. The van der Waals surface area contributed by atoms with Crippen molar-refractivity contribution in [1.82, 2.24) is 0 Å². The average molecular weight is 498 g/mol. The summed E-state index contributed by atoms with van der Waals surface area (Å²) in [6, 6.07) is 30.7. The van der Waals surface area contributed by atoms with Crippen molar-refractivity contribution in [3.63, 3.8) is 0 Å². The highest BCUT2D eigenvalue weighted by Crippen LogP contribution is 2.32. The number of ether oxygens (including phenoxy) is 2. The van der Waals surface area contributed by atoms with Crippen LogP contribution in [0.4, 0.5) is 0 Å². The summed E-state index contributed by atoms with van der Waals surface area (Å²) in [6.45, 7) is 0.593. The summed E-state index contributed by atoms with van der Waals surface area (Å²) < 4.78 is 12.9. The van der Waals surface area contributed by atoms with Gasteiger partial charge in [0.05, 0.1) is 17.2 Å². The molecule has 4 aromatic carbocycles. The van der Waals surface area contributed by atoms with Crippen molar-refractivity contribution < 1.29 is 14.3 Å². The van der Waals surface area contributed by atoms with Gasteiger partial charge in [0.25, 0.3) is 0 Å². The lowest BCUT2D eigenvalue weighted by molar-refractivity contribution is 0.111. The average Bonchev–Trinajstić information content (AvgIpc) is 2.87. The summed E-state index contributed by atoms with van der Waals surface area (Å²) in [5.41, 5.74) is 5.07. The van der Waals surface area contributed by atoms with Gasteiger partial charge in [0.1, 0.15) is 24.7 Å². The molecule has 0 aliphatic heterocycles. The number of hydrogen-bond acceptors (Lipinski definition) is 4. The van der Waals surface area contributed by atoms with Crippen molar-refractivity contribution in [3.05, 3.63) is 118 Å². The van der Waals surface area contributed by atoms with Crippen LogP contribution in [0.2, 0.25) is 0 Å². The molecule has 4 rings (SSSR count). The van der Waals surface area contributed by atoms with Gasteiger partial charge in [-0.15, -0.1) is 0 Å². The Morgan fingerprint density at radius 2 is 1.67 bits per heavy atom. The fraction of sp³-hybridized carbons (Fsp3) is 0.0714. The lowest BCUT2D eigenvalue weighted by Crippen LogP contribution is -2.01. The van der Waals surface area contributed by atoms with E-state index in [2.05, 4.69) is 40.2 Å². The molecule has 0 unspecified atom stereocenters. The van der Waals surface area contributed by atoms with E-state index in [1.165, 1.54) is 0 Å². The molecule has 0 saturated carbocycles. The zero-order chi connectivity index (χ0) is 23.0. The van der Waals surface area contributed by atoms with Gasteiger partial charge in [0.15, 0.2) is 6.29 Å². The van der Waals surface area contributed by atoms with Crippen LogP contribution in [0.5, 0.6) is 11.5 Å². The molecule has 4 aromatic rings. The Kier molecular flexibility index (Phi) is 7.19. The first kappa shape index (κ1) is 22.3. The third-order valence-electron chi connectivity index (χ3n) is 5.12. The molecule has 0 atom stereocenters. The van der Waals surface area contributed by atoms with Gasteiger partial charge in [-0.3, -0.25) is 4.79 Å². The van der Waals surface area contributed by atoms with Crippen LogP contribution >= 0.6 is 15.9 Å². The minimum atomic E-state index is 0.241. The number of nitrogens with zero attached hydrogens (tertiary/aromatic N) is 1. The Morgan fingerprint density at radius 3 is 2.45 bits per heavy atom. The molecule has 0 saturated heterocycles. The number of benzene rings is 4. The zero-order valence-electron chi connectivity index (χ0n) is 17.7. The van der Waals surface area contributed by atoms with Gasteiger partial charge in [-0.1, -0.05) is 60.7 Å². The van der Waals surface area contributed by atoms with Crippen LogP contribution in [0.15, 0.2) is 95.5 Å². The molecule has 162 valence electrons. The number of carbonyl (C=O) groups is 1. The first-order chi connectivity index (χ1) is 16.2. The molecule has 0 N–H and O–H groups in total. The molecule has 0 aromatic heterocycles. The first-order valence-electron chi connectivity index (χ1n) is 10.3. The van der Waals surface area contributed by atoms with Gasteiger partial charge in [-0.25, -0.2) is 0 Å². The summed E-state index contributed by atoms with van der Waals surface area (Å²) in [5.74, 6) is 1.03. The maximum atomic E-state index is 11.5. The van der Waals surface area contributed by atoms with Gasteiger partial charge < -0.3 is 9.47 Å². The monoisotopic (exact) mass is 497 g/mol. The Bertz CT molecular complexity index is 1310. The molecule has 0 radical (unpaired) electrons. The van der Waals surface area contributed by atoms with E-state index in [0.29, 0.717) is 29.2 Å². The molecular weight excluding hydrogens is 478 g/mol. The van der Waals surface area contributed by atoms with Gasteiger partial charge in [-0.2, -0.15) is 5.26 Å². The highest BCUT2D eigenvalue weighted by molar-refractivity contribution is 9.10. The molecule has 33 heavy (non-hydrogen) atoms. The van der Waals surface area contributed by atoms with Crippen LogP contribution in [0.3, 0.4) is 0 Å². The van der Waals surface area contributed by atoms with Crippen LogP contribution in [-0.4, -0.2) is 6.29 Å². The van der Waals surface area contributed by atoms with Crippen LogP contribution in [-0.2, 0) is 13.2 Å². The van der Waals surface area contributed by atoms with E-state index >= 15 is 0 Å². The van der Waals surface area contributed by atoms with E-state index in [1.807, 2.05) is 36.4 Å². The number of rotatable bonds is 8. The smallest absolute Gasteiger partial charge is 0.153 e. The van der Waals surface area contributed by atoms with Gasteiger partial charge >= 0.3 is 0 Å². The summed E-state index contributed by atoms with van der Waals surface area (Å²) in [6.07, 6.45) is 0.755. The molecule has 0 aliphatic rings. The Hall–Kier alpha value is -3.88.